The summed E-state index contributed by atoms with van der Waals surface area (Å²) >= 11 is 5.35. The van der Waals surface area contributed by atoms with Gasteiger partial charge in [0.05, 0.1) is 6.61 Å². The van der Waals surface area contributed by atoms with Crippen LogP contribution in [0, 0.1) is 0 Å². The van der Waals surface area contributed by atoms with Gasteiger partial charge >= 0.3 is 0 Å². The summed E-state index contributed by atoms with van der Waals surface area (Å²) in [5.41, 5.74) is 0. The molecule has 0 aromatic carbocycles. The predicted octanol–water partition coefficient (Wildman–Crippen LogP) is 2.16. The molecule has 0 saturated heterocycles. The highest BCUT2D eigenvalue weighted by molar-refractivity contribution is 6.24. The van der Waals surface area contributed by atoms with Gasteiger partial charge in [-0.15, -0.1) is 0 Å². The Balaban J connectivity index is 2.65. The molecule has 0 aromatic rings. The Labute approximate surface area is 62.6 Å². The van der Waals surface area contributed by atoms with Crippen molar-refractivity contribution in [2.24, 2.45) is 0 Å². The number of rotatable bonds is 1. The maximum atomic E-state index is 12.0. The van der Waals surface area contributed by atoms with Crippen LogP contribution in [0.3, 0.4) is 0 Å². The van der Waals surface area contributed by atoms with Gasteiger partial charge in [0.15, 0.2) is 0 Å². The van der Waals surface area contributed by atoms with E-state index in [9.17, 15) is 8.78 Å². The summed E-state index contributed by atoms with van der Waals surface area (Å²) in [5.74, 6) is 0. The number of hydrogen-bond acceptors (Lipinski definition) is 1. The molecule has 0 saturated carbocycles. The monoisotopic (exact) mass is 168 g/mol. The van der Waals surface area contributed by atoms with Gasteiger partial charge in [0, 0.05) is 0 Å². The van der Waals surface area contributed by atoms with Crippen molar-refractivity contribution in [1.82, 2.24) is 0 Å². The van der Waals surface area contributed by atoms with Crippen LogP contribution in [0.4, 0.5) is 8.78 Å². The predicted molar refractivity (Wildman–Crippen MR) is 34.3 cm³/mol. The second-order valence-electron chi connectivity index (χ2n) is 2.04. The number of ether oxygens (including phenoxy) is 1. The zero-order valence-corrected chi connectivity index (χ0v) is 5.94. The van der Waals surface area contributed by atoms with Crippen LogP contribution >= 0.6 is 11.6 Å². The largest absolute Gasteiger partial charge is 0.351 e. The van der Waals surface area contributed by atoms with E-state index in [4.69, 9.17) is 11.6 Å². The Kier molecular flexibility index (Phi) is 2.26. The molecule has 0 amide bonds. The van der Waals surface area contributed by atoms with Gasteiger partial charge in [-0.2, -0.15) is 0 Å². The molecule has 4 heteroatoms. The molecule has 10 heavy (non-hydrogen) atoms. The Hall–Kier alpha value is -0.150. The minimum absolute atomic E-state index is 0.268. The molecule has 1 aliphatic heterocycles. The Morgan fingerprint density at radius 2 is 2.30 bits per heavy atom. The molecule has 0 fully saturated rings. The molecule has 0 N–H and O–H groups in total. The average molecular weight is 169 g/mol. The maximum absolute atomic E-state index is 12.0. The number of hydrogen-bond donors (Lipinski definition) is 0. The molecule has 1 nitrogen and oxygen atoms in total. The lowest BCUT2D eigenvalue weighted by molar-refractivity contribution is -0.0609. The van der Waals surface area contributed by atoms with E-state index in [0.717, 1.165) is 0 Å². The summed E-state index contributed by atoms with van der Waals surface area (Å²) in [6, 6.07) is 0. The Morgan fingerprint density at radius 1 is 1.60 bits per heavy atom. The molecule has 1 aliphatic rings. The summed E-state index contributed by atoms with van der Waals surface area (Å²) in [5, 5.41) is -1.86. The van der Waals surface area contributed by atoms with E-state index in [2.05, 4.69) is 4.74 Å². The Bertz CT molecular complexity index is 149. The van der Waals surface area contributed by atoms with Crippen LogP contribution in [0.1, 0.15) is 6.42 Å². The van der Waals surface area contributed by atoms with Crippen molar-refractivity contribution in [1.29, 1.82) is 0 Å². The highest BCUT2D eigenvalue weighted by atomic mass is 35.5. The first kappa shape index (κ1) is 7.95. The number of halogens is 3. The van der Waals surface area contributed by atoms with Crippen molar-refractivity contribution < 1.29 is 13.5 Å². The van der Waals surface area contributed by atoms with Crippen LogP contribution in [-0.2, 0) is 4.74 Å². The fraction of sp³-hybridized carbons (Fsp3) is 0.667. The fourth-order valence-electron chi connectivity index (χ4n) is 0.711. The first-order valence-corrected chi connectivity index (χ1v) is 3.32. The van der Waals surface area contributed by atoms with Gasteiger partial charge in [0.1, 0.15) is 0 Å². The maximum Gasteiger partial charge on any atom is 0.284 e. The smallest absolute Gasteiger partial charge is 0.284 e. The molecular weight excluding hydrogens is 162 g/mol. The molecular formula is C6H7ClF2O. The molecule has 1 atom stereocenters. The molecule has 0 radical (unpaired) electrons. The molecule has 1 unspecified atom stereocenters. The third-order valence-corrected chi connectivity index (χ3v) is 1.65. The van der Waals surface area contributed by atoms with Crippen molar-refractivity contribution in [2.45, 2.75) is 17.9 Å². The third-order valence-electron chi connectivity index (χ3n) is 1.25. The molecule has 0 spiro atoms. The van der Waals surface area contributed by atoms with E-state index in [-0.39, 0.29) is 6.61 Å². The zero-order chi connectivity index (χ0) is 7.61. The lowest BCUT2D eigenvalue weighted by atomic mass is 10.2. The number of alkyl halides is 3. The van der Waals surface area contributed by atoms with E-state index in [0.29, 0.717) is 6.42 Å². The van der Waals surface area contributed by atoms with Crippen LogP contribution in [0.25, 0.3) is 0 Å². The summed E-state index contributed by atoms with van der Waals surface area (Å²) in [6.45, 7) is 0.268. The summed E-state index contributed by atoms with van der Waals surface area (Å²) in [6.07, 6.45) is 0.790. The van der Waals surface area contributed by atoms with Crippen LogP contribution in [0.15, 0.2) is 12.2 Å². The van der Waals surface area contributed by atoms with E-state index >= 15 is 0 Å². The fourth-order valence-corrected chi connectivity index (χ4v) is 0.878. The normalized spacial score (nSPS) is 33.2. The van der Waals surface area contributed by atoms with Gasteiger partial charge in [0.25, 0.3) is 6.43 Å². The van der Waals surface area contributed by atoms with Gasteiger partial charge in [0.2, 0.25) is 5.06 Å². The van der Waals surface area contributed by atoms with Crippen LogP contribution in [0.5, 0.6) is 0 Å². The lowest BCUT2D eigenvalue weighted by Gasteiger charge is -2.25. The van der Waals surface area contributed by atoms with Crippen molar-refractivity contribution in [3.63, 3.8) is 0 Å². The van der Waals surface area contributed by atoms with Crippen molar-refractivity contribution in [2.75, 3.05) is 6.61 Å². The van der Waals surface area contributed by atoms with Crippen LogP contribution in [-0.4, -0.2) is 18.1 Å². The summed E-state index contributed by atoms with van der Waals surface area (Å²) in [4.78, 5) is 0. The van der Waals surface area contributed by atoms with Gasteiger partial charge in [-0.3, -0.25) is 0 Å². The first-order valence-electron chi connectivity index (χ1n) is 2.94. The standard InChI is InChI=1S/C6H7ClF2O/c7-6(5(8)9)3-1-2-4-10-6/h1,3,5H,2,4H2. The molecule has 58 valence electrons. The van der Waals surface area contributed by atoms with Gasteiger partial charge < -0.3 is 4.74 Å². The minimum atomic E-state index is -2.66. The first-order chi connectivity index (χ1) is 4.65. The van der Waals surface area contributed by atoms with Crippen molar-refractivity contribution in [3.05, 3.63) is 12.2 Å². The Morgan fingerprint density at radius 3 is 2.60 bits per heavy atom. The van der Waals surface area contributed by atoms with E-state index in [1.165, 1.54) is 6.08 Å². The molecule has 0 bridgehead atoms. The third kappa shape index (κ3) is 1.47. The zero-order valence-electron chi connectivity index (χ0n) is 5.19. The van der Waals surface area contributed by atoms with Gasteiger partial charge in [-0.25, -0.2) is 8.78 Å². The molecule has 0 aliphatic carbocycles. The van der Waals surface area contributed by atoms with Crippen molar-refractivity contribution in [3.8, 4) is 0 Å². The van der Waals surface area contributed by atoms with Gasteiger partial charge in [-0.05, 0) is 12.5 Å². The topological polar surface area (TPSA) is 9.23 Å². The molecule has 1 rings (SSSR count). The second-order valence-corrected chi connectivity index (χ2v) is 2.63. The molecule has 0 aromatic heterocycles. The van der Waals surface area contributed by atoms with E-state index < -0.39 is 11.5 Å². The highest BCUT2D eigenvalue weighted by Crippen LogP contribution is 2.29. The average Bonchev–Trinajstić information content (AvgIpc) is 1.89. The van der Waals surface area contributed by atoms with Gasteiger partial charge in [-0.1, -0.05) is 17.7 Å². The highest BCUT2D eigenvalue weighted by Gasteiger charge is 2.37. The van der Waals surface area contributed by atoms with E-state index in [1.54, 1.807) is 6.08 Å². The lowest BCUT2D eigenvalue weighted by Crippen LogP contribution is -2.34. The van der Waals surface area contributed by atoms with Crippen molar-refractivity contribution >= 4 is 11.6 Å². The van der Waals surface area contributed by atoms with Crippen LogP contribution < -0.4 is 0 Å². The summed E-state index contributed by atoms with van der Waals surface area (Å²) in [7, 11) is 0. The van der Waals surface area contributed by atoms with E-state index in [1.807, 2.05) is 0 Å². The quantitative estimate of drug-likeness (QED) is 0.431. The minimum Gasteiger partial charge on any atom is -0.351 e. The second kappa shape index (κ2) is 2.84. The molecule has 1 heterocycles. The SMILES string of the molecule is FC(F)C1(Cl)C=CCCO1. The summed E-state index contributed by atoms with van der Waals surface area (Å²) < 4.78 is 28.6. The van der Waals surface area contributed by atoms with Crippen LogP contribution in [0.2, 0.25) is 0 Å².